The first-order valence-electron chi connectivity index (χ1n) is 3.35. The second-order valence-electron chi connectivity index (χ2n) is 2.35. The van der Waals surface area contributed by atoms with Crippen LogP contribution in [0.25, 0.3) is 0 Å². The van der Waals surface area contributed by atoms with Gasteiger partial charge in [-0.15, -0.1) is 0 Å². The first-order valence-corrected chi connectivity index (χ1v) is 3.35. The molecule has 0 radical (unpaired) electrons. The Kier molecular flexibility index (Phi) is 2.41. The highest BCUT2D eigenvalue weighted by Gasteiger charge is 2.16. The number of rotatable bonds is 2. The van der Waals surface area contributed by atoms with Crippen LogP contribution in [0.3, 0.4) is 0 Å². The summed E-state index contributed by atoms with van der Waals surface area (Å²) in [6.07, 6.45) is -2.50. The van der Waals surface area contributed by atoms with Gasteiger partial charge in [0.15, 0.2) is 6.29 Å². The minimum Gasteiger partial charge on any atom is -0.397 e. The van der Waals surface area contributed by atoms with E-state index < -0.39 is 12.1 Å². The van der Waals surface area contributed by atoms with Crippen molar-refractivity contribution < 1.29 is 13.6 Å². The van der Waals surface area contributed by atoms with Crippen LogP contribution < -0.4 is 11.5 Å². The van der Waals surface area contributed by atoms with Gasteiger partial charge < -0.3 is 11.5 Å². The first kappa shape index (κ1) is 9.37. The van der Waals surface area contributed by atoms with Gasteiger partial charge in [-0.25, -0.2) is 13.8 Å². The van der Waals surface area contributed by atoms with E-state index in [-0.39, 0.29) is 17.1 Å². The van der Waals surface area contributed by atoms with E-state index in [1.54, 1.807) is 0 Å². The Morgan fingerprint density at radius 1 is 1.46 bits per heavy atom. The Morgan fingerprint density at radius 3 is 2.54 bits per heavy atom. The van der Waals surface area contributed by atoms with Gasteiger partial charge >= 0.3 is 0 Å². The van der Waals surface area contributed by atoms with Crippen LogP contribution in [0.1, 0.15) is 22.6 Å². The fourth-order valence-corrected chi connectivity index (χ4v) is 0.843. The molecule has 4 N–H and O–H groups in total. The Morgan fingerprint density at radius 2 is 2.08 bits per heavy atom. The van der Waals surface area contributed by atoms with Crippen molar-refractivity contribution in [3.05, 3.63) is 17.5 Å². The van der Waals surface area contributed by atoms with Crippen molar-refractivity contribution in [1.82, 2.24) is 4.98 Å². The maximum atomic E-state index is 12.2. The van der Waals surface area contributed by atoms with Crippen molar-refractivity contribution in [2.24, 2.45) is 0 Å². The highest BCUT2D eigenvalue weighted by Crippen LogP contribution is 2.27. The van der Waals surface area contributed by atoms with Gasteiger partial charge in [-0.1, -0.05) is 0 Å². The van der Waals surface area contributed by atoms with E-state index in [1.165, 1.54) is 0 Å². The van der Waals surface area contributed by atoms with Crippen molar-refractivity contribution >= 4 is 17.7 Å². The predicted octanol–water partition coefficient (Wildman–Crippen LogP) is 0.996. The zero-order chi connectivity index (χ0) is 10.0. The summed E-state index contributed by atoms with van der Waals surface area (Å²) in [7, 11) is 0. The standard InChI is InChI=1S/C7H7F2N3O/c8-7(9)6-5(11)4(10)1-3(2-13)12-6/h1-2,7H,11H2,(H2,10,12). The highest BCUT2D eigenvalue weighted by molar-refractivity contribution is 5.78. The third-order valence-corrected chi connectivity index (χ3v) is 1.47. The number of nitrogens with two attached hydrogens (primary N) is 2. The third kappa shape index (κ3) is 1.71. The molecule has 0 amide bonds. The molecule has 13 heavy (non-hydrogen) atoms. The number of nitrogens with zero attached hydrogens (tertiary/aromatic N) is 1. The zero-order valence-electron chi connectivity index (χ0n) is 6.50. The maximum Gasteiger partial charge on any atom is 0.282 e. The van der Waals surface area contributed by atoms with Crippen molar-refractivity contribution in [2.75, 3.05) is 11.5 Å². The number of pyridine rings is 1. The Hall–Kier alpha value is -1.72. The van der Waals surface area contributed by atoms with Crippen LogP contribution in [0.15, 0.2) is 6.07 Å². The van der Waals surface area contributed by atoms with E-state index >= 15 is 0 Å². The van der Waals surface area contributed by atoms with E-state index in [2.05, 4.69) is 4.98 Å². The molecule has 0 spiro atoms. The number of hydrogen-bond donors (Lipinski definition) is 2. The highest BCUT2D eigenvalue weighted by atomic mass is 19.3. The first-order chi connectivity index (χ1) is 6.06. The number of aromatic nitrogens is 1. The van der Waals surface area contributed by atoms with Crippen LogP contribution >= 0.6 is 0 Å². The molecule has 1 rings (SSSR count). The van der Waals surface area contributed by atoms with Crippen LogP contribution in [0, 0.1) is 0 Å². The van der Waals surface area contributed by atoms with Gasteiger partial charge in [0.1, 0.15) is 11.4 Å². The SMILES string of the molecule is Nc1cc(C=O)nc(C(F)F)c1N. The normalized spacial score (nSPS) is 10.4. The third-order valence-electron chi connectivity index (χ3n) is 1.47. The molecule has 0 fully saturated rings. The minimum atomic E-state index is -2.83. The smallest absolute Gasteiger partial charge is 0.282 e. The van der Waals surface area contributed by atoms with Gasteiger partial charge in [-0.3, -0.25) is 4.79 Å². The molecule has 0 aliphatic carbocycles. The van der Waals surface area contributed by atoms with Crippen molar-refractivity contribution in [3.63, 3.8) is 0 Å². The van der Waals surface area contributed by atoms with Gasteiger partial charge in [0, 0.05) is 0 Å². The van der Waals surface area contributed by atoms with Crippen LogP contribution in [0.4, 0.5) is 20.2 Å². The Labute approximate surface area is 72.6 Å². The molecule has 1 aromatic heterocycles. The quantitative estimate of drug-likeness (QED) is 0.676. The fourth-order valence-electron chi connectivity index (χ4n) is 0.843. The van der Waals surface area contributed by atoms with Crippen LogP contribution in [-0.2, 0) is 0 Å². The van der Waals surface area contributed by atoms with E-state index in [1.807, 2.05) is 0 Å². The fraction of sp³-hybridized carbons (Fsp3) is 0.143. The molecule has 4 nitrogen and oxygen atoms in total. The van der Waals surface area contributed by atoms with Gasteiger partial charge in [0.05, 0.1) is 11.4 Å². The molecule has 70 valence electrons. The summed E-state index contributed by atoms with van der Waals surface area (Å²) in [6.45, 7) is 0. The molecule has 0 aliphatic rings. The number of carbonyl (C=O) groups excluding carboxylic acids is 1. The molecule has 0 unspecified atom stereocenters. The molecular weight excluding hydrogens is 180 g/mol. The number of alkyl halides is 2. The molecule has 0 aliphatic heterocycles. The summed E-state index contributed by atoms with van der Waals surface area (Å²) in [5, 5.41) is 0. The lowest BCUT2D eigenvalue weighted by Crippen LogP contribution is -2.05. The van der Waals surface area contributed by atoms with Gasteiger partial charge in [-0.2, -0.15) is 0 Å². The summed E-state index contributed by atoms with van der Waals surface area (Å²) in [5.74, 6) is 0. The largest absolute Gasteiger partial charge is 0.397 e. The molecule has 0 aromatic carbocycles. The van der Waals surface area contributed by atoms with Crippen molar-refractivity contribution in [2.45, 2.75) is 6.43 Å². The molecule has 1 aromatic rings. The van der Waals surface area contributed by atoms with E-state index in [9.17, 15) is 13.6 Å². The summed E-state index contributed by atoms with van der Waals surface area (Å²) < 4.78 is 24.4. The number of hydrogen-bond acceptors (Lipinski definition) is 4. The second-order valence-corrected chi connectivity index (χ2v) is 2.35. The Balaban J connectivity index is 3.32. The van der Waals surface area contributed by atoms with E-state index in [4.69, 9.17) is 11.5 Å². The van der Waals surface area contributed by atoms with Gasteiger partial charge in [-0.05, 0) is 6.07 Å². The maximum absolute atomic E-state index is 12.2. The molecule has 1 heterocycles. The molecular formula is C7H7F2N3O. The summed E-state index contributed by atoms with van der Waals surface area (Å²) >= 11 is 0. The van der Waals surface area contributed by atoms with E-state index in [0.29, 0.717) is 6.29 Å². The van der Waals surface area contributed by atoms with Gasteiger partial charge in [0.25, 0.3) is 6.43 Å². The van der Waals surface area contributed by atoms with Gasteiger partial charge in [0.2, 0.25) is 0 Å². The minimum absolute atomic E-state index is 0.0626. The average Bonchev–Trinajstić information content (AvgIpc) is 2.09. The van der Waals surface area contributed by atoms with Crippen molar-refractivity contribution in [3.8, 4) is 0 Å². The van der Waals surface area contributed by atoms with Crippen LogP contribution in [-0.4, -0.2) is 11.3 Å². The lowest BCUT2D eigenvalue weighted by atomic mass is 10.2. The summed E-state index contributed by atoms with van der Waals surface area (Å²) in [6, 6.07) is 1.15. The average molecular weight is 187 g/mol. The van der Waals surface area contributed by atoms with Crippen molar-refractivity contribution in [1.29, 1.82) is 0 Å². The predicted molar refractivity (Wildman–Crippen MR) is 43.4 cm³/mol. The molecule has 0 bridgehead atoms. The monoisotopic (exact) mass is 187 g/mol. The summed E-state index contributed by atoms with van der Waals surface area (Å²) in [4.78, 5) is 13.6. The number of nitrogen functional groups attached to an aromatic ring is 2. The Bertz CT molecular complexity index is 341. The molecule has 0 atom stereocenters. The number of carbonyl (C=O) groups is 1. The lowest BCUT2D eigenvalue weighted by Gasteiger charge is -2.06. The zero-order valence-corrected chi connectivity index (χ0v) is 6.50. The number of halogens is 2. The molecule has 0 saturated carbocycles. The molecule has 0 saturated heterocycles. The van der Waals surface area contributed by atoms with Crippen LogP contribution in [0.5, 0.6) is 0 Å². The van der Waals surface area contributed by atoms with E-state index in [0.717, 1.165) is 6.07 Å². The number of anilines is 2. The second kappa shape index (κ2) is 3.34. The summed E-state index contributed by atoms with van der Waals surface area (Å²) in [5.41, 5.74) is 9.36. The topological polar surface area (TPSA) is 82.0 Å². The number of aldehydes is 1. The molecule has 6 heteroatoms. The van der Waals surface area contributed by atoms with Crippen LogP contribution in [0.2, 0.25) is 0 Å². The lowest BCUT2D eigenvalue weighted by molar-refractivity contribution is 0.111.